The molecule has 3 aromatic heterocycles. The summed E-state index contributed by atoms with van der Waals surface area (Å²) in [6, 6.07) is 92.1. The number of fused-ring (bicyclic) bond motifs is 4. The largest absolute Gasteiger partial charge is 0.356 e. The van der Waals surface area contributed by atoms with Crippen molar-refractivity contribution in [3.8, 4) is 34.0 Å². The van der Waals surface area contributed by atoms with E-state index < -0.39 is 8.24 Å². The van der Waals surface area contributed by atoms with E-state index in [0.717, 1.165) is 67.5 Å². The van der Waals surface area contributed by atoms with E-state index in [0.29, 0.717) is 0 Å². The minimum absolute atomic E-state index is 0.874. The molecule has 0 spiro atoms. The summed E-state index contributed by atoms with van der Waals surface area (Å²) in [5.41, 5.74) is 10.7. The lowest BCUT2D eigenvalue weighted by atomic mass is 10.0. The summed E-state index contributed by atoms with van der Waals surface area (Å²) in [5.74, 6) is 1.75. The molecule has 0 aliphatic heterocycles. The van der Waals surface area contributed by atoms with Crippen LogP contribution in [0.25, 0.3) is 66.9 Å². The van der Waals surface area contributed by atoms with Gasteiger partial charge in [-0.2, -0.15) is 0 Å². The fourth-order valence-electron chi connectivity index (χ4n) is 10.1. The standard InChI is InChI=1S/C60H43N5Si/c1-5-22-44(23-6-1)51-32-13-16-35-55(51)64-57-37-18-15-34-54(57)62-60(64)45-24-21-25-46(42-45)65(66(48-26-7-2-8-27-48,49-28-9-3-10-29-49)50-30-11-4-12-31-50)47-39-40-53-52-33-14-17-36-56(52)63(58(53)43-47)59-38-19-20-41-61-59/h1-43H. The molecule has 12 rings (SSSR count). The van der Waals surface area contributed by atoms with Gasteiger partial charge < -0.3 is 4.57 Å². The molecule has 312 valence electrons. The van der Waals surface area contributed by atoms with Crippen LogP contribution in [0.3, 0.4) is 0 Å². The Balaban J connectivity index is 1.18. The topological polar surface area (TPSA) is 38.9 Å². The summed E-state index contributed by atoms with van der Waals surface area (Å²) in [6.07, 6.45) is 1.88. The lowest BCUT2D eigenvalue weighted by Gasteiger charge is -2.45. The summed E-state index contributed by atoms with van der Waals surface area (Å²) in [4.78, 5) is 10.4. The zero-order valence-electron chi connectivity index (χ0n) is 36.1. The predicted octanol–water partition coefficient (Wildman–Crippen LogP) is 12.7. The fourth-order valence-corrected chi connectivity index (χ4v) is 14.9. The molecule has 0 N–H and O–H groups in total. The van der Waals surface area contributed by atoms with Gasteiger partial charge in [0.2, 0.25) is 0 Å². The van der Waals surface area contributed by atoms with Crippen LogP contribution in [0.15, 0.2) is 261 Å². The van der Waals surface area contributed by atoms with E-state index in [1.165, 1.54) is 26.3 Å². The molecule has 6 heteroatoms. The third-order valence-electron chi connectivity index (χ3n) is 12.9. The van der Waals surface area contributed by atoms with Crippen molar-refractivity contribution < 1.29 is 0 Å². The highest BCUT2D eigenvalue weighted by Crippen LogP contribution is 2.41. The first kappa shape index (κ1) is 39.0. The van der Waals surface area contributed by atoms with Gasteiger partial charge in [-0.15, -0.1) is 0 Å². The predicted molar refractivity (Wildman–Crippen MR) is 277 cm³/mol. The highest BCUT2D eigenvalue weighted by Gasteiger charge is 2.47. The molecule has 0 saturated carbocycles. The maximum Gasteiger partial charge on any atom is 0.257 e. The van der Waals surface area contributed by atoms with Gasteiger partial charge in [-0.1, -0.05) is 194 Å². The third-order valence-corrected chi connectivity index (χ3v) is 17.6. The Morgan fingerprint density at radius 2 is 0.939 bits per heavy atom. The molecule has 5 nitrogen and oxygen atoms in total. The van der Waals surface area contributed by atoms with Gasteiger partial charge >= 0.3 is 0 Å². The summed E-state index contributed by atoms with van der Waals surface area (Å²) in [6.45, 7) is 0. The van der Waals surface area contributed by atoms with Crippen molar-refractivity contribution in [2.45, 2.75) is 0 Å². The van der Waals surface area contributed by atoms with Crippen LogP contribution in [0, 0.1) is 0 Å². The van der Waals surface area contributed by atoms with Crippen LogP contribution in [0.2, 0.25) is 0 Å². The number of hydrogen-bond acceptors (Lipinski definition) is 3. The highest BCUT2D eigenvalue weighted by molar-refractivity contribution is 7.14. The van der Waals surface area contributed by atoms with Crippen molar-refractivity contribution in [2.24, 2.45) is 0 Å². The Bertz CT molecular complexity index is 3550. The molecule has 9 aromatic carbocycles. The average molecular weight is 862 g/mol. The van der Waals surface area contributed by atoms with E-state index in [1.807, 2.05) is 12.3 Å². The van der Waals surface area contributed by atoms with Gasteiger partial charge in [0.05, 0.1) is 27.8 Å². The fraction of sp³-hybridized carbons (Fsp3) is 0. The number of rotatable bonds is 10. The summed E-state index contributed by atoms with van der Waals surface area (Å²) >= 11 is 0. The van der Waals surface area contributed by atoms with Crippen LogP contribution in [-0.4, -0.2) is 27.3 Å². The molecule has 0 saturated heterocycles. The second-order valence-electron chi connectivity index (χ2n) is 16.6. The molecule has 3 heterocycles. The maximum absolute atomic E-state index is 5.46. The first-order chi connectivity index (χ1) is 32.8. The molecule has 0 unspecified atom stereocenters. The quantitative estimate of drug-likeness (QED) is 0.102. The van der Waals surface area contributed by atoms with Crippen molar-refractivity contribution in [3.05, 3.63) is 261 Å². The summed E-state index contributed by atoms with van der Waals surface area (Å²) in [7, 11) is -3.26. The zero-order valence-corrected chi connectivity index (χ0v) is 37.1. The molecule has 0 bridgehead atoms. The number of benzene rings is 9. The smallest absolute Gasteiger partial charge is 0.257 e. The Kier molecular flexibility index (Phi) is 9.77. The van der Waals surface area contributed by atoms with Crippen LogP contribution >= 0.6 is 0 Å². The first-order valence-corrected chi connectivity index (χ1v) is 24.4. The second kappa shape index (κ2) is 16.5. The number of anilines is 2. The van der Waals surface area contributed by atoms with Crippen LogP contribution in [0.4, 0.5) is 11.4 Å². The summed E-state index contributed by atoms with van der Waals surface area (Å²) < 4.78 is 7.34. The van der Waals surface area contributed by atoms with Crippen molar-refractivity contribution >= 4 is 68.0 Å². The van der Waals surface area contributed by atoms with Crippen LogP contribution in [0.1, 0.15) is 0 Å². The Hall–Kier alpha value is -8.58. The number of aromatic nitrogens is 4. The molecule has 0 aliphatic rings. The minimum atomic E-state index is -3.26. The van der Waals surface area contributed by atoms with Crippen LogP contribution in [-0.2, 0) is 0 Å². The molecular formula is C60H43N5Si. The van der Waals surface area contributed by atoms with E-state index in [2.05, 4.69) is 262 Å². The summed E-state index contributed by atoms with van der Waals surface area (Å²) in [5, 5.41) is 6.16. The van der Waals surface area contributed by atoms with Crippen molar-refractivity contribution in [2.75, 3.05) is 4.57 Å². The Morgan fingerprint density at radius 1 is 0.379 bits per heavy atom. The van der Waals surface area contributed by atoms with E-state index in [4.69, 9.17) is 9.97 Å². The molecule has 0 atom stereocenters. The number of pyridine rings is 1. The van der Waals surface area contributed by atoms with Crippen molar-refractivity contribution in [1.82, 2.24) is 19.1 Å². The third kappa shape index (κ3) is 6.46. The van der Waals surface area contributed by atoms with Gasteiger partial charge in [0.25, 0.3) is 8.24 Å². The highest BCUT2D eigenvalue weighted by atomic mass is 28.3. The van der Waals surface area contributed by atoms with E-state index in [1.54, 1.807) is 0 Å². The molecular weight excluding hydrogens is 819 g/mol. The molecule has 66 heavy (non-hydrogen) atoms. The van der Waals surface area contributed by atoms with Crippen molar-refractivity contribution in [3.63, 3.8) is 0 Å². The lowest BCUT2D eigenvalue weighted by Crippen LogP contribution is -2.76. The van der Waals surface area contributed by atoms with Crippen LogP contribution < -0.4 is 20.1 Å². The van der Waals surface area contributed by atoms with Crippen molar-refractivity contribution in [1.29, 1.82) is 0 Å². The van der Waals surface area contributed by atoms with Gasteiger partial charge in [0, 0.05) is 39.5 Å². The minimum Gasteiger partial charge on any atom is -0.356 e. The Labute approximate surface area is 384 Å². The average Bonchev–Trinajstić information content (AvgIpc) is 3.95. The zero-order chi connectivity index (χ0) is 43.9. The van der Waals surface area contributed by atoms with E-state index >= 15 is 0 Å². The number of para-hydroxylation sites is 4. The first-order valence-electron chi connectivity index (χ1n) is 22.4. The molecule has 0 aliphatic carbocycles. The molecule has 0 fully saturated rings. The van der Waals surface area contributed by atoms with Gasteiger partial charge in [0.1, 0.15) is 11.6 Å². The van der Waals surface area contributed by atoms with Crippen LogP contribution in [0.5, 0.6) is 0 Å². The molecule has 0 amide bonds. The monoisotopic (exact) mass is 861 g/mol. The van der Waals surface area contributed by atoms with Gasteiger partial charge in [-0.25, -0.2) is 9.97 Å². The lowest BCUT2D eigenvalue weighted by molar-refractivity contribution is 1.08. The van der Waals surface area contributed by atoms with Gasteiger partial charge in [0.15, 0.2) is 0 Å². The number of nitrogens with zero attached hydrogens (tertiary/aromatic N) is 5. The van der Waals surface area contributed by atoms with E-state index in [-0.39, 0.29) is 0 Å². The molecule has 12 aromatic rings. The van der Waals surface area contributed by atoms with Gasteiger partial charge in [-0.05, 0) is 81.8 Å². The SMILES string of the molecule is c1ccc(-c2ccccc2-n2c(-c3cccc(N(c4ccc5c6ccccc6n(-c6ccccn6)c5c4)[Si](c4ccccc4)(c4ccccc4)c4ccccc4)c3)nc3ccccc32)cc1. The second-order valence-corrected chi connectivity index (χ2v) is 20.2. The van der Waals surface area contributed by atoms with E-state index in [9.17, 15) is 0 Å². The maximum atomic E-state index is 5.46. The number of imidazole rings is 1. The number of hydrogen-bond donors (Lipinski definition) is 0. The normalized spacial score (nSPS) is 11.6. The molecule has 0 radical (unpaired) electrons. The van der Waals surface area contributed by atoms with Gasteiger partial charge in [-0.3, -0.25) is 9.13 Å². The Morgan fingerprint density at radius 3 is 1.64 bits per heavy atom.